The Hall–Kier alpha value is -2.49. The molecule has 0 aromatic heterocycles. The number of carbonyl (C=O) groups excluding carboxylic acids is 2. The van der Waals surface area contributed by atoms with Crippen molar-refractivity contribution >= 4 is 73.9 Å². The molecule has 3 aromatic rings. The Morgan fingerprint density at radius 1 is 0.884 bits per heavy atom. The van der Waals surface area contributed by atoms with Gasteiger partial charge in [0.25, 0.3) is 10.0 Å². The molecule has 12 heteroatoms. The molecule has 230 valence electrons. The normalized spacial score (nSPS) is 14.6. The predicted molar refractivity (Wildman–Crippen MR) is 174 cm³/mol. The van der Waals surface area contributed by atoms with Crippen molar-refractivity contribution in [1.29, 1.82) is 0 Å². The smallest absolute Gasteiger partial charge is 0.264 e. The van der Waals surface area contributed by atoms with Crippen LogP contribution in [0.3, 0.4) is 0 Å². The minimum Gasteiger partial charge on any atom is -0.352 e. The van der Waals surface area contributed by atoms with Crippen molar-refractivity contribution in [3.05, 3.63) is 92.4 Å². The Bertz CT molecular complexity index is 1550. The number of benzene rings is 3. The van der Waals surface area contributed by atoms with Crippen LogP contribution in [0.15, 0.2) is 71.6 Å². The maximum Gasteiger partial charge on any atom is 0.264 e. The lowest BCUT2D eigenvalue weighted by Gasteiger charge is -2.34. The van der Waals surface area contributed by atoms with Crippen molar-refractivity contribution in [2.24, 2.45) is 0 Å². The quantitative estimate of drug-likeness (QED) is 0.224. The summed E-state index contributed by atoms with van der Waals surface area (Å²) in [6.07, 6.45) is 5.25. The molecule has 0 spiro atoms. The average molecular weight is 686 g/mol. The number of hydrogen-bond acceptors (Lipinski definition) is 4. The summed E-state index contributed by atoms with van der Waals surface area (Å²) < 4.78 is 28.9. The first kappa shape index (κ1) is 33.4. The van der Waals surface area contributed by atoms with Gasteiger partial charge in [-0.05, 0) is 67.3 Å². The zero-order chi connectivity index (χ0) is 31.1. The van der Waals surface area contributed by atoms with Gasteiger partial charge in [-0.15, -0.1) is 0 Å². The van der Waals surface area contributed by atoms with Gasteiger partial charge in [-0.1, -0.05) is 96.9 Å². The van der Waals surface area contributed by atoms with Gasteiger partial charge >= 0.3 is 0 Å². The Balaban J connectivity index is 1.73. The number of nitrogens with one attached hydrogen (secondary N) is 1. The molecule has 1 atom stereocenters. The topological polar surface area (TPSA) is 86.8 Å². The van der Waals surface area contributed by atoms with Gasteiger partial charge in [-0.2, -0.15) is 0 Å². The van der Waals surface area contributed by atoms with E-state index in [9.17, 15) is 18.0 Å². The van der Waals surface area contributed by atoms with E-state index in [4.69, 9.17) is 46.4 Å². The number of halogens is 4. The van der Waals surface area contributed by atoms with Gasteiger partial charge in [0, 0.05) is 17.6 Å². The number of nitrogens with zero attached hydrogens (tertiary/aromatic N) is 2. The van der Waals surface area contributed by atoms with Crippen LogP contribution in [0, 0.1) is 0 Å². The van der Waals surface area contributed by atoms with Crippen LogP contribution >= 0.6 is 46.4 Å². The van der Waals surface area contributed by atoms with Gasteiger partial charge in [0.05, 0.1) is 25.7 Å². The molecule has 2 amide bonds. The van der Waals surface area contributed by atoms with Crippen LogP contribution in [-0.4, -0.2) is 43.8 Å². The maximum absolute atomic E-state index is 14.2. The van der Waals surface area contributed by atoms with Crippen LogP contribution in [0.2, 0.25) is 20.1 Å². The van der Waals surface area contributed by atoms with E-state index in [2.05, 4.69) is 5.32 Å². The molecule has 4 rings (SSSR count). The molecule has 7 nitrogen and oxygen atoms in total. The van der Waals surface area contributed by atoms with Gasteiger partial charge in [-0.3, -0.25) is 13.9 Å². The maximum atomic E-state index is 14.2. The number of amides is 2. The van der Waals surface area contributed by atoms with E-state index in [0.717, 1.165) is 36.4 Å². The number of hydrogen-bond donors (Lipinski definition) is 1. The molecule has 0 unspecified atom stereocenters. The number of rotatable bonds is 11. The molecule has 0 heterocycles. The molecule has 1 N–H and O–H groups in total. The van der Waals surface area contributed by atoms with Crippen molar-refractivity contribution in [3.8, 4) is 0 Å². The van der Waals surface area contributed by atoms with E-state index in [1.165, 1.54) is 35.2 Å². The zero-order valence-electron chi connectivity index (χ0n) is 23.6. The first-order valence-corrected chi connectivity index (χ1v) is 17.0. The summed E-state index contributed by atoms with van der Waals surface area (Å²) in [4.78, 5) is 29.3. The van der Waals surface area contributed by atoms with Crippen LogP contribution in [0.5, 0.6) is 0 Å². The third-order valence-electron chi connectivity index (χ3n) is 7.46. The van der Waals surface area contributed by atoms with Gasteiger partial charge in [0.2, 0.25) is 11.8 Å². The van der Waals surface area contributed by atoms with Crippen LogP contribution in [-0.2, 0) is 26.2 Å². The first-order valence-electron chi connectivity index (χ1n) is 14.1. The van der Waals surface area contributed by atoms with Crippen molar-refractivity contribution in [3.63, 3.8) is 0 Å². The molecule has 0 bridgehead atoms. The van der Waals surface area contributed by atoms with Crippen molar-refractivity contribution in [1.82, 2.24) is 10.2 Å². The van der Waals surface area contributed by atoms with Crippen LogP contribution < -0.4 is 9.62 Å². The summed E-state index contributed by atoms with van der Waals surface area (Å²) in [5.74, 6) is -0.882. The summed E-state index contributed by atoms with van der Waals surface area (Å²) in [5.41, 5.74) is 0.714. The Labute approximate surface area is 273 Å². The van der Waals surface area contributed by atoms with E-state index < -0.39 is 28.5 Å². The number of anilines is 1. The van der Waals surface area contributed by atoms with Gasteiger partial charge in [0.15, 0.2) is 0 Å². The third kappa shape index (κ3) is 8.37. The second kappa shape index (κ2) is 15.0. The fourth-order valence-corrected chi connectivity index (χ4v) is 7.55. The van der Waals surface area contributed by atoms with E-state index in [1.54, 1.807) is 36.4 Å². The molecule has 0 saturated heterocycles. The highest BCUT2D eigenvalue weighted by molar-refractivity contribution is 7.92. The van der Waals surface area contributed by atoms with Crippen molar-refractivity contribution in [2.75, 3.05) is 10.8 Å². The van der Waals surface area contributed by atoms with Gasteiger partial charge in [0.1, 0.15) is 12.6 Å². The van der Waals surface area contributed by atoms with Gasteiger partial charge in [-0.25, -0.2) is 8.42 Å². The summed E-state index contributed by atoms with van der Waals surface area (Å²) in [6, 6.07) is 16.2. The average Bonchev–Trinajstić information content (AvgIpc) is 2.98. The highest BCUT2D eigenvalue weighted by Gasteiger charge is 2.35. The number of carbonyl (C=O) groups is 2. The molecule has 3 aromatic carbocycles. The highest BCUT2D eigenvalue weighted by atomic mass is 35.5. The summed E-state index contributed by atoms with van der Waals surface area (Å²) >= 11 is 25.0. The lowest BCUT2D eigenvalue weighted by molar-refractivity contribution is -0.140. The molecule has 0 radical (unpaired) electrons. The number of sulfonamides is 1. The molecular weight excluding hydrogens is 652 g/mol. The molecule has 1 saturated carbocycles. The minimum atomic E-state index is -4.26. The molecular formula is C31H33Cl4N3O4S. The van der Waals surface area contributed by atoms with E-state index in [0.29, 0.717) is 27.1 Å². The molecule has 0 aliphatic heterocycles. The van der Waals surface area contributed by atoms with Crippen LogP contribution in [0.25, 0.3) is 0 Å². The van der Waals surface area contributed by atoms with Crippen molar-refractivity contribution < 1.29 is 18.0 Å². The molecule has 1 aliphatic rings. The monoisotopic (exact) mass is 683 g/mol. The summed E-state index contributed by atoms with van der Waals surface area (Å²) in [5, 5.41) is 4.13. The lowest BCUT2D eigenvalue weighted by atomic mass is 9.95. The fraction of sp³-hybridized carbons (Fsp3) is 0.355. The molecule has 1 fully saturated rings. The largest absolute Gasteiger partial charge is 0.352 e. The molecule has 1 aliphatic carbocycles. The minimum absolute atomic E-state index is 0.000109. The second-order valence-corrected chi connectivity index (χ2v) is 14.0. The molecule has 43 heavy (non-hydrogen) atoms. The fourth-order valence-electron chi connectivity index (χ4n) is 5.22. The SMILES string of the molecule is CC[C@H](C(=O)NC1CCCCC1)N(Cc1ccc(Cl)c(Cl)c1)C(=O)CN(c1ccc(Cl)cc1Cl)S(=O)(=O)c1ccccc1. The Morgan fingerprint density at radius 2 is 1.58 bits per heavy atom. The van der Waals surface area contributed by atoms with E-state index in [1.807, 2.05) is 6.92 Å². The van der Waals surface area contributed by atoms with E-state index >= 15 is 0 Å². The Kier molecular flexibility index (Phi) is 11.6. The standard InChI is InChI=1S/C31H33Cl4N3O4S/c1-2-28(31(40)36-23-9-5-3-6-10-23)37(19-21-13-15-25(33)26(34)17-21)30(39)20-38(29-16-14-22(32)18-27(29)35)43(41,42)24-11-7-4-8-12-24/h4,7-8,11-18,23,28H,2-3,5-6,9-10,19-20H2,1H3,(H,36,40)/t28-/m1/s1. The van der Waals surface area contributed by atoms with Crippen molar-refractivity contribution in [2.45, 2.75) is 69.0 Å². The first-order chi connectivity index (χ1) is 20.5. The third-order valence-corrected chi connectivity index (χ3v) is 10.5. The second-order valence-electron chi connectivity index (χ2n) is 10.5. The van der Waals surface area contributed by atoms with Crippen LogP contribution in [0.1, 0.15) is 51.0 Å². The highest BCUT2D eigenvalue weighted by Crippen LogP contribution is 2.33. The van der Waals surface area contributed by atoms with Crippen LogP contribution in [0.4, 0.5) is 5.69 Å². The lowest BCUT2D eigenvalue weighted by Crippen LogP contribution is -2.54. The van der Waals surface area contributed by atoms with Gasteiger partial charge < -0.3 is 10.2 Å². The predicted octanol–water partition coefficient (Wildman–Crippen LogP) is 7.75. The van der Waals surface area contributed by atoms with E-state index in [-0.39, 0.29) is 34.1 Å². The Morgan fingerprint density at radius 3 is 2.21 bits per heavy atom. The summed E-state index contributed by atoms with van der Waals surface area (Å²) in [7, 11) is -4.26. The zero-order valence-corrected chi connectivity index (χ0v) is 27.5. The summed E-state index contributed by atoms with van der Waals surface area (Å²) in [6.45, 7) is 1.20.